The van der Waals surface area contributed by atoms with Crippen LogP contribution in [0.5, 0.6) is 11.5 Å². The number of hydrogen-bond acceptors (Lipinski definition) is 3. The third-order valence-corrected chi connectivity index (χ3v) is 11.4. The van der Waals surface area contributed by atoms with Gasteiger partial charge in [0, 0.05) is 44.0 Å². The fourth-order valence-corrected chi connectivity index (χ4v) is 9.38. The number of hydrogen-bond donors (Lipinski definition) is 2. The molecule has 0 unspecified atom stereocenters. The van der Waals surface area contributed by atoms with E-state index >= 15 is 0 Å². The maximum Gasteiger partial charge on any atom is 0.128 e. The molecule has 0 saturated carbocycles. The molecule has 0 aliphatic carbocycles. The first-order valence-electron chi connectivity index (χ1n) is 12.1. The van der Waals surface area contributed by atoms with Gasteiger partial charge in [-0.25, -0.2) is 0 Å². The normalized spacial score (nSPS) is 13.1. The second kappa shape index (κ2) is 9.75. The molecule has 6 heteroatoms. The third kappa shape index (κ3) is 5.35. The first-order chi connectivity index (χ1) is 16.4. The molecule has 0 spiro atoms. The summed E-state index contributed by atoms with van der Waals surface area (Å²) >= 11 is 13.5. The number of benzene rings is 3. The molecule has 0 bridgehead atoms. The van der Waals surface area contributed by atoms with Crippen LogP contribution in [0.15, 0.2) is 59.3 Å². The number of nitrogens with zero attached hydrogens (tertiary/aromatic N) is 1. The Kier molecular flexibility index (Phi) is 7.75. The van der Waals surface area contributed by atoms with E-state index in [4.69, 9.17) is 27.9 Å². The molecule has 0 aromatic heterocycles. The molecule has 3 aromatic rings. The van der Waals surface area contributed by atoms with Crippen LogP contribution < -0.4 is 10.6 Å². The summed E-state index contributed by atoms with van der Waals surface area (Å²) < 4.78 is 5.43. The van der Waals surface area contributed by atoms with Crippen LogP contribution in [0.4, 0.5) is 5.69 Å². The Morgan fingerprint density at radius 1 is 0.639 bits per heavy atom. The van der Waals surface area contributed by atoms with Gasteiger partial charge in [0.15, 0.2) is 0 Å². The third-order valence-electron chi connectivity index (χ3n) is 6.41. The number of phenolic OH excluding ortho intramolecular Hbond substituents is 2. The van der Waals surface area contributed by atoms with E-state index < -0.39 is 12.2 Å². The van der Waals surface area contributed by atoms with Crippen molar-refractivity contribution in [1.29, 1.82) is 0 Å². The van der Waals surface area contributed by atoms with Gasteiger partial charge in [-0.3, -0.25) is 4.74 Å². The van der Waals surface area contributed by atoms with Gasteiger partial charge in [-0.15, -0.1) is 0 Å². The summed E-state index contributed by atoms with van der Waals surface area (Å²) in [5, 5.41) is 25.5. The van der Waals surface area contributed by atoms with Crippen molar-refractivity contribution in [3.63, 3.8) is 0 Å². The Hall–Kier alpha value is -1.93. The smallest absolute Gasteiger partial charge is 0.128 e. The van der Waals surface area contributed by atoms with Crippen molar-refractivity contribution < 1.29 is 10.2 Å². The minimum absolute atomic E-state index is 0.159. The van der Waals surface area contributed by atoms with Crippen LogP contribution in [0.1, 0.15) is 73.4 Å². The lowest BCUT2D eigenvalue weighted by Crippen LogP contribution is -2.33. The Morgan fingerprint density at radius 2 is 1.03 bits per heavy atom. The second-order valence-corrected chi connectivity index (χ2v) is 17.0. The minimum Gasteiger partial charge on any atom is -0.507 e. The van der Waals surface area contributed by atoms with Crippen molar-refractivity contribution in [3.8, 4) is 11.5 Å². The highest BCUT2D eigenvalue weighted by Gasteiger charge is 2.43. The molecule has 2 N–H and O–H groups in total. The fourth-order valence-electron chi connectivity index (χ4n) is 4.58. The van der Waals surface area contributed by atoms with Crippen LogP contribution >= 0.6 is 30.3 Å². The molecular weight excluding hydrogens is 508 g/mol. The molecule has 0 amide bonds. The summed E-state index contributed by atoms with van der Waals surface area (Å²) in [5.41, 5.74) is 1.50. The van der Waals surface area contributed by atoms with E-state index in [0.717, 1.165) is 16.8 Å². The second-order valence-electron chi connectivity index (χ2n) is 12.4. The Labute approximate surface area is 226 Å². The zero-order valence-electron chi connectivity index (χ0n) is 22.7. The number of halogens is 2. The molecule has 0 aliphatic rings. The molecule has 0 heterocycles. The summed E-state index contributed by atoms with van der Waals surface area (Å²) in [5.74, 6) is 0.318. The average Bonchev–Trinajstić information content (AvgIpc) is 2.73. The first kappa shape index (κ1) is 28.6. The largest absolute Gasteiger partial charge is 0.507 e. The number of rotatable bonds is 3. The predicted molar refractivity (Wildman–Crippen MR) is 158 cm³/mol. The van der Waals surface area contributed by atoms with Crippen molar-refractivity contribution in [2.24, 2.45) is 4.74 Å². The van der Waals surface area contributed by atoms with Gasteiger partial charge in [0.05, 0.1) is 5.69 Å². The molecular formula is C30H38Cl2NO2P. The first-order valence-corrected chi connectivity index (χ1v) is 14.6. The van der Waals surface area contributed by atoms with Crippen molar-refractivity contribution in [2.75, 3.05) is 0 Å². The summed E-state index contributed by atoms with van der Waals surface area (Å²) in [6, 6.07) is 17.0. The highest BCUT2D eigenvalue weighted by atomic mass is 35.5. The van der Waals surface area contributed by atoms with Crippen LogP contribution in [-0.4, -0.2) is 15.4 Å². The molecule has 0 atom stereocenters. The van der Waals surface area contributed by atoms with Gasteiger partial charge in [-0.2, -0.15) is 0 Å². The summed E-state index contributed by atoms with van der Waals surface area (Å²) in [6.07, 6.45) is 0. The van der Waals surface area contributed by atoms with E-state index in [-0.39, 0.29) is 22.3 Å². The van der Waals surface area contributed by atoms with Gasteiger partial charge in [-0.05, 0) is 47.2 Å². The lowest BCUT2D eigenvalue weighted by Gasteiger charge is -2.40. The number of aromatic hydroxyl groups is 2. The van der Waals surface area contributed by atoms with Crippen LogP contribution in [0, 0.1) is 0 Å². The highest BCUT2D eigenvalue weighted by molar-refractivity contribution is 7.82. The monoisotopic (exact) mass is 545 g/mol. The van der Waals surface area contributed by atoms with Gasteiger partial charge < -0.3 is 10.2 Å². The van der Waals surface area contributed by atoms with Gasteiger partial charge in [0.1, 0.15) is 11.5 Å². The molecule has 36 heavy (non-hydrogen) atoms. The van der Waals surface area contributed by atoms with Gasteiger partial charge in [0.2, 0.25) is 0 Å². The van der Waals surface area contributed by atoms with E-state index in [1.807, 2.05) is 96.1 Å². The van der Waals surface area contributed by atoms with E-state index in [1.165, 1.54) is 0 Å². The number of phenols is 2. The lowest BCUT2D eigenvalue weighted by atomic mass is 9.86. The van der Waals surface area contributed by atoms with Crippen LogP contribution in [0.2, 0.25) is 10.0 Å². The van der Waals surface area contributed by atoms with Gasteiger partial charge in [0.25, 0.3) is 0 Å². The quantitative estimate of drug-likeness (QED) is 0.322. The zero-order chi connectivity index (χ0) is 27.3. The predicted octanol–water partition coefficient (Wildman–Crippen LogP) is 9.28. The topological polar surface area (TPSA) is 52.8 Å². The molecule has 0 fully saturated rings. The Balaban J connectivity index is 2.70. The maximum absolute atomic E-state index is 11.9. The minimum atomic E-state index is -2.97. The Morgan fingerprint density at radius 3 is 1.36 bits per heavy atom. The molecule has 3 rings (SSSR count). The molecule has 3 nitrogen and oxygen atoms in total. The summed E-state index contributed by atoms with van der Waals surface area (Å²) in [4.78, 5) is 0. The SMILES string of the molecule is CC(C)(C)c1cc(Cl)cc(P(=Nc2ccccc2)(c2cc(Cl)cc(C(C)(C)C)c2O)C(C)(C)C)c1O. The fraction of sp³-hybridized carbons (Fsp3) is 0.400. The van der Waals surface area contributed by atoms with Crippen LogP contribution in [0.3, 0.4) is 0 Å². The molecule has 0 radical (unpaired) electrons. The van der Waals surface area contributed by atoms with E-state index in [9.17, 15) is 10.2 Å². The molecule has 0 saturated heterocycles. The van der Waals surface area contributed by atoms with E-state index in [2.05, 4.69) is 20.8 Å². The average molecular weight is 547 g/mol. The van der Waals surface area contributed by atoms with Gasteiger partial charge in [-0.1, -0.05) is 104 Å². The highest BCUT2D eigenvalue weighted by Crippen LogP contribution is 2.64. The lowest BCUT2D eigenvalue weighted by molar-refractivity contribution is 0.450. The van der Waals surface area contributed by atoms with Crippen molar-refractivity contribution in [1.82, 2.24) is 0 Å². The molecule has 0 aliphatic heterocycles. The zero-order valence-corrected chi connectivity index (χ0v) is 25.1. The standard InChI is InChI=1S/C30H38Cl2NO2P/c1-28(2,3)22-15-19(31)17-24(26(22)34)36(30(7,8)9,33-21-13-11-10-12-14-21)25-18-20(32)16-23(27(25)35)29(4,5)6/h10-18,34-35H,1-9H3. The van der Waals surface area contributed by atoms with Crippen molar-refractivity contribution >= 4 is 46.6 Å². The van der Waals surface area contributed by atoms with E-state index in [1.54, 1.807) is 0 Å². The summed E-state index contributed by atoms with van der Waals surface area (Å²) in [7, 11) is -2.97. The van der Waals surface area contributed by atoms with Crippen molar-refractivity contribution in [2.45, 2.75) is 78.3 Å². The van der Waals surface area contributed by atoms with Crippen LogP contribution in [-0.2, 0) is 10.8 Å². The molecule has 194 valence electrons. The Bertz CT molecular complexity index is 1250. The summed E-state index contributed by atoms with van der Waals surface area (Å²) in [6.45, 7) is 18.6. The molecule has 3 aromatic carbocycles. The van der Waals surface area contributed by atoms with Crippen LogP contribution in [0.25, 0.3) is 0 Å². The maximum atomic E-state index is 11.9. The van der Waals surface area contributed by atoms with E-state index in [0.29, 0.717) is 20.7 Å². The van der Waals surface area contributed by atoms with Crippen molar-refractivity contribution in [3.05, 3.63) is 75.8 Å². The van der Waals surface area contributed by atoms with Gasteiger partial charge >= 0.3 is 0 Å².